The Labute approximate surface area is 100 Å². The maximum atomic E-state index is 13.0. The van der Waals surface area contributed by atoms with Gasteiger partial charge >= 0.3 is 6.09 Å². The number of carbonyl (C=O) groups excluding carboxylic acids is 1. The zero-order chi connectivity index (χ0) is 11.1. The number of anilines is 1. The molecular weight excluding hydrogens is 312 g/mol. The average molecular weight is 319 g/mol. The van der Waals surface area contributed by atoms with E-state index in [2.05, 4.69) is 19.9 Å². The zero-order valence-electron chi connectivity index (χ0n) is 7.59. The maximum Gasteiger partial charge on any atom is 0.412 e. The molecule has 3 nitrogen and oxygen atoms in total. The fourth-order valence-corrected chi connectivity index (χ4v) is 0.993. The number of amides is 1. The average Bonchev–Trinajstić information content (AvgIpc) is 2.22. The van der Waals surface area contributed by atoms with Crippen LogP contribution in [0.25, 0.3) is 0 Å². The van der Waals surface area contributed by atoms with Gasteiger partial charge in [-0.2, -0.15) is 0 Å². The van der Waals surface area contributed by atoms with Crippen LogP contribution in [0.2, 0.25) is 0 Å². The minimum atomic E-state index is -0.723. The predicted octanol–water partition coefficient (Wildman–Crippen LogP) is 2.77. The maximum absolute atomic E-state index is 13.0. The van der Waals surface area contributed by atoms with E-state index in [4.69, 9.17) is 0 Å². The van der Waals surface area contributed by atoms with Crippen LogP contribution in [0.3, 0.4) is 0 Å². The third-order valence-corrected chi connectivity index (χ3v) is 1.83. The Morgan fingerprint density at radius 3 is 2.93 bits per heavy atom. The summed E-state index contributed by atoms with van der Waals surface area (Å²) < 4.78 is 20.2. The Morgan fingerprint density at radius 2 is 2.27 bits per heavy atom. The lowest BCUT2D eigenvalue weighted by Gasteiger charge is -2.04. The van der Waals surface area contributed by atoms with Gasteiger partial charge in [0.15, 0.2) is 6.61 Å². The van der Waals surface area contributed by atoms with Crippen molar-refractivity contribution < 1.29 is 13.9 Å². The number of hydrogen-bond donors (Lipinski definition) is 1. The smallest absolute Gasteiger partial charge is 0.412 e. The van der Waals surface area contributed by atoms with E-state index in [1.807, 2.05) is 22.6 Å². The van der Waals surface area contributed by atoms with Gasteiger partial charge in [0.25, 0.3) is 0 Å². The molecule has 0 aliphatic heterocycles. The molecule has 0 heterocycles. The van der Waals surface area contributed by atoms with Gasteiger partial charge in [0.1, 0.15) is 5.82 Å². The number of nitrogens with one attached hydrogen (secondary N) is 1. The minimum absolute atomic E-state index is 0.0107. The summed E-state index contributed by atoms with van der Waals surface area (Å²) in [5, 5.41) is 2.26. The second-order valence-electron chi connectivity index (χ2n) is 2.45. The minimum Gasteiger partial charge on any atom is -0.436 e. The second-order valence-corrected chi connectivity index (χ2v) is 2.99. The molecule has 1 aromatic rings. The van der Waals surface area contributed by atoms with E-state index in [-0.39, 0.29) is 12.3 Å². The van der Waals surface area contributed by atoms with Crippen LogP contribution < -0.4 is 5.32 Å². The van der Waals surface area contributed by atoms with Gasteiger partial charge < -0.3 is 4.74 Å². The summed E-state index contributed by atoms with van der Waals surface area (Å²) in [6, 6.07) is 5.84. The number of para-hydroxylation sites is 1. The summed E-state index contributed by atoms with van der Waals surface area (Å²) >= 11 is 1.83. The Morgan fingerprint density at radius 1 is 1.53 bits per heavy atom. The fraction of sp³-hybridized carbons (Fsp3) is 0.100. The first-order valence-electron chi connectivity index (χ1n) is 4.01. The molecule has 0 saturated carbocycles. The molecule has 1 N–H and O–H groups in total. The Bertz CT molecular complexity index is 411. The highest BCUT2D eigenvalue weighted by atomic mass is 127. The van der Waals surface area contributed by atoms with Crippen molar-refractivity contribution in [3.8, 4) is 9.85 Å². The number of rotatable bonds is 2. The monoisotopic (exact) mass is 319 g/mol. The number of ether oxygens (including phenoxy) is 1. The quantitative estimate of drug-likeness (QED) is 0.672. The van der Waals surface area contributed by atoms with Crippen molar-refractivity contribution in [1.29, 1.82) is 0 Å². The van der Waals surface area contributed by atoms with Gasteiger partial charge in [-0.3, -0.25) is 5.32 Å². The molecule has 0 atom stereocenters. The van der Waals surface area contributed by atoms with Gasteiger partial charge in [-0.25, -0.2) is 9.18 Å². The molecule has 15 heavy (non-hydrogen) atoms. The van der Waals surface area contributed by atoms with Gasteiger partial charge in [0.05, 0.1) is 5.69 Å². The molecule has 0 aliphatic rings. The van der Waals surface area contributed by atoms with E-state index in [1.54, 1.807) is 6.07 Å². The van der Waals surface area contributed by atoms with Crippen LogP contribution in [-0.4, -0.2) is 12.7 Å². The van der Waals surface area contributed by atoms with E-state index < -0.39 is 11.9 Å². The van der Waals surface area contributed by atoms with Gasteiger partial charge in [-0.05, 0) is 16.1 Å². The number of hydrogen-bond acceptors (Lipinski definition) is 2. The van der Waals surface area contributed by atoms with Gasteiger partial charge in [0, 0.05) is 22.6 Å². The highest BCUT2D eigenvalue weighted by Gasteiger charge is 2.05. The van der Waals surface area contributed by atoms with E-state index in [0.717, 1.165) is 0 Å². The molecule has 1 rings (SSSR count). The van der Waals surface area contributed by atoms with Crippen LogP contribution in [0, 0.1) is 15.7 Å². The zero-order valence-corrected chi connectivity index (χ0v) is 9.75. The molecule has 78 valence electrons. The molecule has 5 heteroatoms. The Hall–Kier alpha value is -1.29. The van der Waals surface area contributed by atoms with Crippen molar-refractivity contribution in [1.82, 2.24) is 0 Å². The van der Waals surface area contributed by atoms with Crippen molar-refractivity contribution in [2.45, 2.75) is 0 Å². The van der Waals surface area contributed by atoms with E-state index in [1.165, 1.54) is 18.2 Å². The summed E-state index contributed by atoms with van der Waals surface area (Å²) in [4.78, 5) is 11.1. The molecule has 0 aliphatic carbocycles. The molecule has 0 spiro atoms. The van der Waals surface area contributed by atoms with E-state index >= 15 is 0 Å². The van der Waals surface area contributed by atoms with Crippen molar-refractivity contribution in [2.24, 2.45) is 0 Å². The van der Waals surface area contributed by atoms with Gasteiger partial charge in [-0.15, -0.1) is 0 Å². The summed E-state index contributed by atoms with van der Waals surface area (Å²) in [5.41, 5.74) is 0.0879. The Kier molecular flexibility index (Phi) is 4.90. The lowest BCUT2D eigenvalue weighted by Crippen LogP contribution is -2.14. The number of halogens is 2. The van der Waals surface area contributed by atoms with E-state index in [9.17, 15) is 9.18 Å². The molecule has 0 fully saturated rings. The SMILES string of the molecule is O=C(Nc1ccccc1F)OCC#CI. The third-order valence-electron chi connectivity index (χ3n) is 1.45. The second kappa shape index (κ2) is 6.24. The van der Waals surface area contributed by atoms with Crippen molar-refractivity contribution in [2.75, 3.05) is 11.9 Å². The van der Waals surface area contributed by atoms with Gasteiger partial charge in [-0.1, -0.05) is 18.1 Å². The normalized spacial score (nSPS) is 8.67. The van der Waals surface area contributed by atoms with E-state index in [0.29, 0.717) is 0 Å². The first-order chi connectivity index (χ1) is 7.24. The first kappa shape index (κ1) is 11.8. The van der Waals surface area contributed by atoms with Crippen LogP contribution in [0.5, 0.6) is 0 Å². The standard InChI is InChI=1S/C10H7FINO2/c11-8-4-1-2-5-9(8)13-10(14)15-7-3-6-12/h1-2,4-5H,7H2,(H,13,14). The summed E-state index contributed by atoms with van der Waals surface area (Å²) in [5.74, 6) is 2.03. The molecule has 0 radical (unpaired) electrons. The largest absolute Gasteiger partial charge is 0.436 e. The molecular formula is C10H7FINO2. The number of benzene rings is 1. The molecule has 0 saturated heterocycles. The summed E-state index contributed by atoms with van der Waals surface area (Å²) in [6.07, 6.45) is -0.723. The highest BCUT2D eigenvalue weighted by molar-refractivity contribution is 14.1. The Balaban J connectivity index is 2.50. The number of carbonyl (C=O) groups is 1. The fourth-order valence-electron chi connectivity index (χ4n) is 0.838. The van der Waals surface area contributed by atoms with Crippen LogP contribution in [0.1, 0.15) is 0 Å². The van der Waals surface area contributed by atoms with Crippen LogP contribution in [0.15, 0.2) is 24.3 Å². The molecule has 1 aromatic carbocycles. The molecule has 0 bridgehead atoms. The lowest BCUT2D eigenvalue weighted by atomic mass is 10.3. The molecule has 1 amide bonds. The molecule has 0 unspecified atom stereocenters. The van der Waals surface area contributed by atoms with Crippen molar-refractivity contribution in [3.63, 3.8) is 0 Å². The third kappa shape index (κ3) is 4.16. The molecule has 0 aromatic heterocycles. The van der Waals surface area contributed by atoms with Crippen molar-refractivity contribution >= 4 is 34.4 Å². The first-order valence-corrected chi connectivity index (χ1v) is 5.08. The van der Waals surface area contributed by atoms with Crippen LogP contribution >= 0.6 is 22.6 Å². The van der Waals surface area contributed by atoms with Crippen LogP contribution in [0.4, 0.5) is 14.9 Å². The van der Waals surface area contributed by atoms with Crippen LogP contribution in [-0.2, 0) is 4.74 Å². The summed E-state index contributed by atoms with van der Waals surface area (Å²) in [7, 11) is 0. The topological polar surface area (TPSA) is 38.3 Å². The van der Waals surface area contributed by atoms with Crippen molar-refractivity contribution in [3.05, 3.63) is 30.1 Å². The highest BCUT2D eigenvalue weighted by Crippen LogP contribution is 2.12. The summed E-state index contributed by atoms with van der Waals surface area (Å²) in [6.45, 7) is -0.0107. The lowest BCUT2D eigenvalue weighted by molar-refractivity contribution is 0.176. The van der Waals surface area contributed by atoms with Gasteiger partial charge in [0.2, 0.25) is 0 Å². The predicted molar refractivity (Wildman–Crippen MR) is 63.2 cm³/mol.